The first kappa shape index (κ1) is 26.2. The highest BCUT2D eigenvalue weighted by Crippen LogP contribution is 2.47. The number of amidine groups is 1. The fourth-order valence-corrected chi connectivity index (χ4v) is 5.23. The number of hydrogen-bond donors (Lipinski definition) is 2. The number of nitrogens with zero attached hydrogens (tertiary/aromatic N) is 4. The molecule has 1 aromatic heterocycles. The second-order valence-corrected chi connectivity index (χ2v) is 10.0. The summed E-state index contributed by atoms with van der Waals surface area (Å²) in [6.07, 6.45) is 15.1. The van der Waals surface area contributed by atoms with Crippen LogP contribution in [0.4, 0.5) is 0 Å². The third-order valence-corrected chi connectivity index (χ3v) is 7.68. The predicted octanol–water partition coefficient (Wildman–Crippen LogP) is 5.93. The van der Waals surface area contributed by atoms with Gasteiger partial charge >= 0.3 is 0 Å². The maximum atomic E-state index is 12.8. The molecule has 2 aromatic rings. The summed E-state index contributed by atoms with van der Waals surface area (Å²) in [4.78, 5) is 17.5. The first-order chi connectivity index (χ1) is 18.0. The topological polar surface area (TPSA) is 95.1 Å². The van der Waals surface area contributed by atoms with E-state index in [0.29, 0.717) is 18.5 Å². The first-order valence-corrected chi connectivity index (χ1v) is 13.1. The average Bonchev–Trinajstić information content (AvgIpc) is 3.70. The normalized spacial score (nSPS) is 19.9. The molecule has 1 aliphatic carbocycles. The van der Waals surface area contributed by atoms with Crippen molar-refractivity contribution in [2.24, 2.45) is 10.4 Å². The summed E-state index contributed by atoms with van der Waals surface area (Å²) in [5.74, 6) is 0.742. The molecule has 4 rings (SSSR count). The van der Waals surface area contributed by atoms with Crippen LogP contribution in [0, 0.1) is 16.7 Å². The fourth-order valence-electron chi connectivity index (χ4n) is 5.23. The monoisotopic (exact) mass is 496 g/mol. The molecule has 1 amide bonds. The number of aliphatic imine (C=N–C) groups is 1. The van der Waals surface area contributed by atoms with E-state index in [1.165, 1.54) is 5.57 Å². The SMILES string of the molecule is CC/C(C)=C/N=C1/NC=C/C1=C(/C)c1cnn(C(CC#N)C2(CNC(=O)c3ccccc3)CCCC2)c1. The van der Waals surface area contributed by atoms with E-state index in [2.05, 4.69) is 42.5 Å². The molecule has 7 nitrogen and oxygen atoms in total. The molecule has 2 aliphatic rings. The summed E-state index contributed by atoms with van der Waals surface area (Å²) in [5.41, 5.74) is 4.75. The molecule has 1 atom stereocenters. The highest BCUT2D eigenvalue weighted by atomic mass is 16.1. The molecule has 1 aliphatic heterocycles. The minimum absolute atomic E-state index is 0.0796. The fraction of sp³-hybridized carbons (Fsp3) is 0.400. The van der Waals surface area contributed by atoms with Gasteiger partial charge in [0.1, 0.15) is 5.84 Å². The van der Waals surface area contributed by atoms with Gasteiger partial charge in [-0.05, 0) is 56.9 Å². The Hall–Kier alpha value is -3.92. The van der Waals surface area contributed by atoms with Crippen LogP contribution in [0.3, 0.4) is 0 Å². The Morgan fingerprint density at radius 1 is 1.27 bits per heavy atom. The average molecular weight is 497 g/mol. The van der Waals surface area contributed by atoms with E-state index < -0.39 is 0 Å². The van der Waals surface area contributed by atoms with Gasteiger partial charge in [-0.3, -0.25) is 9.48 Å². The lowest BCUT2D eigenvalue weighted by Gasteiger charge is -2.37. The summed E-state index contributed by atoms with van der Waals surface area (Å²) in [6.45, 7) is 6.79. The molecule has 7 heteroatoms. The van der Waals surface area contributed by atoms with Crippen LogP contribution in [-0.2, 0) is 0 Å². The van der Waals surface area contributed by atoms with Crippen LogP contribution in [0.15, 0.2) is 77.3 Å². The van der Waals surface area contributed by atoms with E-state index >= 15 is 0 Å². The van der Waals surface area contributed by atoms with Gasteiger partial charge in [-0.2, -0.15) is 10.4 Å². The van der Waals surface area contributed by atoms with Crippen molar-refractivity contribution in [3.63, 3.8) is 0 Å². The summed E-state index contributed by atoms with van der Waals surface area (Å²) < 4.78 is 1.95. The molecule has 1 fully saturated rings. The number of carbonyl (C=O) groups excluding carboxylic acids is 1. The van der Waals surface area contributed by atoms with Crippen LogP contribution in [0.25, 0.3) is 5.57 Å². The van der Waals surface area contributed by atoms with Crippen LogP contribution in [0.2, 0.25) is 0 Å². The minimum Gasteiger partial charge on any atom is -0.351 e. The number of rotatable bonds is 9. The molecule has 0 bridgehead atoms. The molecular formula is C30H36N6O. The van der Waals surface area contributed by atoms with Crippen LogP contribution in [0.5, 0.6) is 0 Å². The zero-order valence-corrected chi connectivity index (χ0v) is 22.0. The van der Waals surface area contributed by atoms with Crippen molar-refractivity contribution >= 4 is 17.3 Å². The Bertz CT molecular complexity index is 1270. The number of allylic oxidation sites excluding steroid dienone is 2. The summed E-state index contributed by atoms with van der Waals surface area (Å²) in [6, 6.07) is 11.6. The Kier molecular flexibility index (Phi) is 8.39. The van der Waals surface area contributed by atoms with Crippen LogP contribution in [0.1, 0.15) is 81.3 Å². The Morgan fingerprint density at radius 2 is 2.03 bits per heavy atom. The van der Waals surface area contributed by atoms with Gasteiger partial charge in [0.05, 0.1) is 24.7 Å². The van der Waals surface area contributed by atoms with Gasteiger partial charge in [-0.15, -0.1) is 0 Å². The molecule has 2 N–H and O–H groups in total. The summed E-state index contributed by atoms with van der Waals surface area (Å²) >= 11 is 0. The highest BCUT2D eigenvalue weighted by molar-refractivity contribution is 6.09. The second-order valence-electron chi connectivity index (χ2n) is 10.0. The van der Waals surface area contributed by atoms with Crippen molar-refractivity contribution in [2.75, 3.05) is 6.54 Å². The van der Waals surface area contributed by atoms with E-state index in [-0.39, 0.29) is 17.4 Å². The lowest BCUT2D eigenvalue weighted by atomic mass is 9.77. The van der Waals surface area contributed by atoms with Crippen molar-refractivity contribution in [2.45, 2.75) is 65.3 Å². The predicted molar refractivity (Wildman–Crippen MR) is 148 cm³/mol. The number of nitrogens with one attached hydrogen (secondary N) is 2. The summed E-state index contributed by atoms with van der Waals surface area (Å²) in [7, 11) is 0. The number of hydrogen-bond acceptors (Lipinski definition) is 4. The van der Waals surface area contributed by atoms with Gasteiger partial charge in [0.15, 0.2) is 0 Å². The van der Waals surface area contributed by atoms with Crippen LogP contribution < -0.4 is 10.6 Å². The minimum atomic E-state index is -0.214. The smallest absolute Gasteiger partial charge is 0.251 e. The molecule has 1 unspecified atom stereocenters. The van der Waals surface area contributed by atoms with Gasteiger partial charge < -0.3 is 10.6 Å². The summed E-state index contributed by atoms with van der Waals surface area (Å²) in [5, 5.41) is 20.9. The van der Waals surface area contributed by atoms with E-state index in [1.54, 1.807) is 0 Å². The second kappa shape index (κ2) is 11.9. The Morgan fingerprint density at radius 3 is 2.73 bits per heavy atom. The van der Waals surface area contributed by atoms with Crippen LogP contribution in [-0.4, -0.2) is 28.1 Å². The van der Waals surface area contributed by atoms with E-state index in [1.807, 2.05) is 65.9 Å². The van der Waals surface area contributed by atoms with Crippen molar-refractivity contribution in [1.82, 2.24) is 20.4 Å². The number of nitriles is 1. The maximum absolute atomic E-state index is 12.8. The van der Waals surface area contributed by atoms with E-state index in [4.69, 9.17) is 5.10 Å². The number of benzene rings is 1. The van der Waals surface area contributed by atoms with Gasteiger partial charge in [0.25, 0.3) is 5.91 Å². The van der Waals surface area contributed by atoms with E-state index in [0.717, 1.165) is 54.6 Å². The zero-order chi connectivity index (χ0) is 26.3. The Labute approximate surface area is 219 Å². The third-order valence-electron chi connectivity index (χ3n) is 7.68. The first-order valence-electron chi connectivity index (χ1n) is 13.1. The largest absolute Gasteiger partial charge is 0.351 e. The van der Waals surface area contributed by atoms with Gasteiger partial charge in [0, 0.05) is 47.3 Å². The molecule has 0 radical (unpaired) electrons. The third kappa shape index (κ3) is 5.91. The van der Waals surface area contributed by atoms with Crippen molar-refractivity contribution < 1.29 is 4.79 Å². The molecule has 1 aromatic carbocycles. The molecule has 0 spiro atoms. The molecule has 2 heterocycles. The lowest BCUT2D eigenvalue weighted by Crippen LogP contribution is -2.42. The van der Waals surface area contributed by atoms with Gasteiger partial charge in [0.2, 0.25) is 0 Å². The maximum Gasteiger partial charge on any atom is 0.251 e. The van der Waals surface area contributed by atoms with Gasteiger partial charge in [-0.1, -0.05) is 43.5 Å². The quantitative estimate of drug-likeness (QED) is 0.450. The number of amides is 1. The van der Waals surface area contributed by atoms with Gasteiger partial charge in [-0.25, -0.2) is 4.99 Å². The molecule has 0 saturated heterocycles. The molecule has 37 heavy (non-hydrogen) atoms. The Balaban J connectivity index is 1.60. The standard InChI is InChI=1S/C30H36N6O/c1-4-22(2)18-33-28-26(13-17-32-28)23(3)25-19-35-36(20-25)27(12-16-31)30(14-8-9-15-30)21-34-29(37)24-10-6-5-7-11-24/h5-7,10-11,13,17-20,27H,4,8-9,12,14-15,21H2,1-3H3,(H,32,33)(H,34,37)/b22-18+,26-23+. The van der Waals surface area contributed by atoms with E-state index in [9.17, 15) is 10.1 Å². The number of carbonyl (C=O) groups is 1. The van der Waals surface area contributed by atoms with Crippen molar-refractivity contribution in [1.29, 1.82) is 5.26 Å². The lowest BCUT2D eigenvalue weighted by molar-refractivity contribution is 0.0894. The highest BCUT2D eigenvalue weighted by Gasteiger charge is 2.43. The zero-order valence-electron chi connectivity index (χ0n) is 22.0. The molecular weight excluding hydrogens is 460 g/mol. The molecule has 1 saturated carbocycles. The molecule has 192 valence electrons. The number of aromatic nitrogens is 2. The van der Waals surface area contributed by atoms with Crippen molar-refractivity contribution in [3.8, 4) is 6.07 Å². The van der Waals surface area contributed by atoms with Crippen molar-refractivity contribution in [3.05, 3.63) is 83.5 Å². The van der Waals surface area contributed by atoms with Crippen LogP contribution >= 0.6 is 0 Å².